The number of sulfonamides is 1. The lowest BCUT2D eigenvalue weighted by atomic mass is 10.1. The Labute approximate surface area is 122 Å². The Balaban J connectivity index is 2.20. The fourth-order valence-electron chi connectivity index (χ4n) is 1.92. The maximum absolute atomic E-state index is 12.3. The van der Waals surface area contributed by atoms with E-state index >= 15 is 0 Å². The van der Waals surface area contributed by atoms with Gasteiger partial charge in [0.1, 0.15) is 0 Å². The van der Waals surface area contributed by atoms with Crippen molar-refractivity contribution in [1.29, 1.82) is 0 Å². The van der Waals surface area contributed by atoms with Gasteiger partial charge in [0.2, 0.25) is 10.0 Å². The average Bonchev–Trinajstić information content (AvgIpc) is 2.46. The number of rotatable bonds is 6. The van der Waals surface area contributed by atoms with Crippen LogP contribution in [0.1, 0.15) is 13.3 Å². The first kappa shape index (κ1) is 15.4. The molecule has 0 bridgehead atoms. The molecule has 1 unspecified atom stereocenters. The van der Waals surface area contributed by atoms with Crippen LogP contribution in [0.25, 0.3) is 10.9 Å². The molecule has 112 valence electrons. The summed E-state index contributed by atoms with van der Waals surface area (Å²) in [6.07, 6.45) is 1.83. The van der Waals surface area contributed by atoms with Gasteiger partial charge in [0.15, 0.2) is 0 Å². The van der Waals surface area contributed by atoms with Crippen molar-refractivity contribution in [3.63, 3.8) is 0 Å². The van der Waals surface area contributed by atoms with E-state index in [1.165, 1.54) is 6.07 Å². The molecule has 1 aromatic carbocycles. The number of nitrogens with one attached hydrogen (secondary N) is 1. The summed E-state index contributed by atoms with van der Waals surface area (Å²) >= 11 is 0. The summed E-state index contributed by atoms with van der Waals surface area (Å²) in [5.41, 5.74) is 0.597. The molecule has 7 heteroatoms. The highest BCUT2D eigenvalue weighted by Crippen LogP contribution is 2.20. The van der Waals surface area contributed by atoms with Crippen LogP contribution in [0.15, 0.2) is 41.4 Å². The number of carboxylic acids is 1. The van der Waals surface area contributed by atoms with Crippen LogP contribution < -0.4 is 4.72 Å². The third-order valence-corrected chi connectivity index (χ3v) is 4.71. The molecule has 0 aliphatic carbocycles. The summed E-state index contributed by atoms with van der Waals surface area (Å²) < 4.78 is 27.1. The standard InChI is InChI=1S/C14H16N2O4S/c1-10(14(17)18)7-9-16-21(19,20)13-6-2-5-12-11(13)4-3-8-15-12/h2-6,8,10,16H,7,9H2,1H3,(H,17,18). The van der Waals surface area contributed by atoms with E-state index in [1.54, 1.807) is 37.4 Å². The molecule has 1 aromatic heterocycles. The molecule has 0 radical (unpaired) electrons. The molecule has 0 saturated heterocycles. The van der Waals surface area contributed by atoms with Gasteiger partial charge in [-0.3, -0.25) is 9.78 Å². The number of aliphatic carboxylic acids is 1. The SMILES string of the molecule is CC(CCNS(=O)(=O)c1cccc2ncccc12)C(=O)O. The van der Waals surface area contributed by atoms with Crippen molar-refractivity contribution in [2.75, 3.05) is 6.54 Å². The first-order valence-corrected chi connectivity index (χ1v) is 7.96. The lowest BCUT2D eigenvalue weighted by Crippen LogP contribution is -2.27. The number of carbonyl (C=O) groups is 1. The Hall–Kier alpha value is -1.99. The van der Waals surface area contributed by atoms with Crippen LogP contribution in [0, 0.1) is 5.92 Å². The van der Waals surface area contributed by atoms with Crippen LogP contribution in [-0.4, -0.2) is 31.0 Å². The van der Waals surface area contributed by atoms with Crippen LogP contribution in [-0.2, 0) is 14.8 Å². The molecular formula is C14H16N2O4S. The fourth-order valence-corrected chi connectivity index (χ4v) is 3.18. The molecule has 1 heterocycles. The summed E-state index contributed by atoms with van der Waals surface area (Å²) in [6.45, 7) is 1.62. The topological polar surface area (TPSA) is 96.4 Å². The van der Waals surface area contributed by atoms with Gasteiger partial charge in [0, 0.05) is 18.1 Å². The minimum atomic E-state index is -3.69. The second kappa shape index (κ2) is 6.19. The summed E-state index contributed by atoms with van der Waals surface area (Å²) in [5, 5.41) is 9.32. The van der Waals surface area contributed by atoms with Crippen LogP contribution in [0.3, 0.4) is 0 Å². The van der Waals surface area contributed by atoms with Crippen molar-refractivity contribution in [2.24, 2.45) is 5.92 Å². The monoisotopic (exact) mass is 308 g/mol. The minimum Gasteiger partial charge on any atom is -0.481 e. The first-order valence-electron chi connectivity index (χ1n) is 6.48. The van der Waals surface area contributed by atoms with Gasteiger partial charge in [0.25, 0.3) is 0 Å². The van der Waals surface area contributed by atoms with E-state index in [-0.39, 0.29) is 17.9 Å². The molecule has 1 atom stereocenters. The van der Waals surface area contributed by atoms with E-state index in [4.69, 9.17) is 5.11 Å². The highest BCUT2D eigenvalue weighted by Gasteiger charge is 2.18. The van der Waals surface area contributed by atoms with E-state index in [1.807, 2.05) is 0 Å². The van der Waals surface area contributed by atoms with Gasteiger partial charge in [-0.1, -0.05) is 13.0 Å². The van der Waals surface area contributed by atoms with Crippen molar-refractivity contribution >= 4 is 26.9 Å². The Morgan fingerprint density at radius 2 is 2.10 bits per heavy atom. The highest BCUT2D eigenvalue weighted by atomic mass is 32.2. The average molecular weight is 308 g/mol. The lowest BCUT2D eigenvalue weighted by Gasteiger charge is -2.10. The molecule has 0 amide bonds. The molecule has 2 aromatic rings. The predicted octanol–water partition coefficient (Wildman–Crippen LogP) is 1.62. The Bertz CT molecular complexity index is 753. The molecule has 0 fully saturated rings. The van der Waals surface area contributed by atoms with E-state index in [9.17, 15) is 13.2 Å². The van der Waals surface area contributed by atoms with Gasteiger partial charge >= 0.3 is 5.97 Å². The lowest BCUT2D eigenvalue weighted by molar-refractivity contribution is -0.141. The number of benzene rings is 1. The van der Waals surface area contributed by atoms with Crippen molar-refractivity contribution in [1.82, 2.24) is 9.71 Å². The molecule has 0 aliphatic rings. The quantitative estimate of drug-likeness (QED) is 0.845. The summed E-state index contributed by atoms with van der Waals surface area (Å²) in [7, 11) is -3.69. The predicted molar refractivity (Wildman–Crippen MR) is 78.3 cm³/mol. The number of nitrogens with zero attached hydrogens (tertiary/aromatic N) is 1. The summed E-state index contributed by atoms with van der Waals surface area (Å²) in [6, 6.07) is 8.24. The van der Waals surface area contributed by atoms with Crippen molar-refractivity contribution in [3.05, 3.63) is 36.5 Å². The van der Waals surface area contributed by atoms with Gasteiger partial charge in [-0.05, 0) is 30.7 Å². The van der Waals surface area contributed by atoms with Crippen molar-refractivity contribution in [2.45, 2.75) is 18.2 Å². The molecule has 0 saturated carbocycles. The van der Waals surface area contributed by atoms with Gasteiger partial charge < -0.3 is 5.11 Å². The molecule has 2 N–H and O–H groups in total. The van der Waals surface area contributed by atoms with Crippen molar-refractivity contribution < 1.29 is 18.3 Å². The third-order valence-electron chi connectivity index (χ3n) is 3.19. The van der Waals surface area contributed by atoms with Gasteiger partial charge in [-0.2, -0.15) is 0 Å². The Morgan fingerprint density at radius 3 is 2.81 bits per heavy atom. The van der Waals surface area contributed by atoms with Crippen LogP contribution in [0.4, 0.5) is 0 Å². The number of pyridine rings is 1. The smallest absolute Gasteiger partial charge is 0.306 e. The molecule has 0 aliphatic heterocycles. The minimum absolute atomic E-state index is 0.0758. The summed E-state index contributed by atoms with van der Waals surface area (Å²) in [5.74, 6) is -1.54. The van der Waals surface area contributed by atoms with E-state index in [0.717, 1.165) is 0 Å². The zero-order valence-corrected chi connectivity index (χ0v) is 12.3. The van der Waals surface area contributed by atoms with Gasteiger partial charge in [-0.25, -0.2) is 13.1 Å². The molecule has 6 nitrogen and oxygen atoms in total. The van der Waals surface area contributed by atoms with E-state index < -0.39 is 21.9 Å². The van der Waals surface area contributed by atoms with Crippen LogP contribution >= 0.6 is 0 Å². The first-order chi connectivity index (χ1) is 9.92. The zero-order valence-electron chi connectivity index (χ0n) is 11.5. The molecular weight excluding hydrogens is 292 g/mol. The fraction of sp³-hybridized carbons (Fsp3) is 0.286. The number of aromatic nitrogens is 1. The third kappa shape index (κ3) is 3.56. The largest absolute Gasteiger partial charge is 0.481 e. The number of fused-ring (bicyclic) bond motifs is 1. The maximum atomic E-state index is 12.3. The van der Waals surface area contributed by atoms with Crippen LogP contribution in [0.2, 0.25) is 0 Å². The Morgan fingerprint density at radius 1 is 1.33 bits per heavy atom. The number of hydrogen-bond acceptors (Lipinski definition) is 4. The zero-order chi connectivity index (χ0) is 15.5. The number of carboxylic acid groups (broad SMARTS) is 1. The normalized spacial score (nSPS) is 13.2. The van der Waals surface area contributed by atoms with Gasteiger partial charge in [-0.15, -0.1) is 0 Å². The maximum Gasteiger partial charge on any atom is 0.306 e. The van der Waals surface area contributed by atoms with E-state index in [2.05, 4.69) is 9.71 Å². The Kier molecular flexibility index (Phi) is 4.54. The van der Waals surface area contributed by atoms with Gasteiger partial charge in [0.05, 0.1) is 16.3 Å². The van der Waals surface area contributed by atoms with Crippen LogP contribution in [0.5, 0.6) is 0 Å². The van der Waals surface area contributed by atoms with Crippen molar-refractivity contribution in [3.8, 4) is 0 Å². The number of hydrogen-bond donors (Lipinski definition) is 2. The second-order valence-electron chi connectivity index (χ2n) is 4.75. The summed E-state index contributed by atoms with van der Waals surface area (Å²) in [4.78, 5) is 15.0. The van der Waals surface area contributed by atoms with E-state index in [0.29, 0.717) is 10.9 Å². The highest BCUT2D eigenvalue weighted by molar-refractivity contribution is 7.89. The molecule has 0 spiro atoms. The second-order valence-corrected chi connectivity index (χ2v) is 6.49. The molecule has 21 heavy (non-hydrogen) atoms. The molecule has 2 rings (SSSR count).